The lowest BCUT2D eigenvalue weighted by atomic mass is 9.87. The molecule has 11 rings (SSSR count). The third-order valence-electron chi connectivity index (χ3n) is 18.2. The van der Waals surface area contributed by atoms with E-state index in [0.717, 1.165) is 128 Å². The quantitative estimate of drug-likeness (QED) is 0.0358. The summed E-state index contributed by atoms with van der Waals surface area (Å²) in [4.78, 5) is 4.55. The van der Waals surface area contributed by atoms with Crippen molar-refractivity contribution in [1.82, 2.24) is 8.75 Å². The zero-order valence-corrected chi connectivity index (χ0v) is 58.2. The molecule has 0 spiro atoms. The second-order valence-corrected chi connectivity index (χ2v) is 27.9. The van der Waals surface area contributed by atoms with Crippen LogP contribution in [0.5, 0.6) is 23.0 Å². The number of unbranched alkanes of at least 4 members (excludes halogenated alkanes) is 20. The minimum absolute atomic E-state index is 0.589. The number of thiophene rings is 2. The van der Waals surface area contributed by atoms with Gasteiger partial charge in [0.05, 0.1) is 49.3 Å². The number of nitrogens with zero attached hydrogens (tertiary/aromatic N) is 2. The van der Waals surface area contributed by atoms with Crippen LogP contribution in [-0.4, -0.2) is 35.2 Å². The van der Waals surface area contributed by atoms with E-state index in [4.69, 9.17) is 27.7 Å². The minimum atomic E-state index is 0.589. The van der Waals surface area contributed by atoms with Crippen molar-refractivity contribution in [2.24, 2.45) is 0 Å². The Hall–Kier alpha value is -7.30. The maximum Gasteiger partial charge on any atom is 0.172 e. The Bertz CT molecular complexity index is 3870. The van der Waals surface area contributed by atoms with Crippen LogP contribution >= 0.6 is 34.4 Å². The van der Waals surface area contributed by atoms with E-state index >= 15 is 0 Å². The molecule has 6 nitrogen and oxygen atoms in total. The molecule has 0 N–H and O–H groups in total. The molecule has 0 unspecified atom stereocenters. The molecule has 1 aliphatic rings. The fourth-order valence-corrected chi connectivity index (χ4v) is 15.7. The Labute approximate surface area is 567 Å². The van der Waals surface area contributed by atoms with Gasteiger partial charge in [0, 0.05) is 19.5 Å². The van der Waals surface area contributed by atoms with Gasteiger partial charge in [0.2, 0.25) is 0 Å². The Morgan fingerprint density at radius 1 is 0.312 bits per heavy atom. The van der Waals surface area contributed by atoms with Crippen LogP contribution in [0, 0.1) is 0 Å². The number of hydrogen-bond donors (Lipinski definition) is 0. The molecule has 0 fully saturated rings. The molecule has 10 aromatic rings. The highest BCUT2D eigenvalue weighted by Crippen LogP contribution is 2.56. The van der Waals surface area contributed by atoms with Crippen molar-refractivity contribution in [1.29, 1.82) is 0 Å². The SMILES string of the molecule is CCCCCCCCOc1ccc(C(=C2c3cc(-c4ccccc4)ccc3-c3ccc(-c4ccc(-c5c(OCCCCCCCC)c(OCCCCCCCC)c(-c6ccc(-c7ccccc7)s6)c6nsnc56)s4)cc32)c2ccc(OCCCCCCCC)cc2)cc1. The van der Waals surface area contributed by atoms with E-state index in [1.54, 1.807) is 22.7 Å². The lowest BCUT2D eigenvalue weighted by molar-refractivity contribution is 0.260. The number of hydrogen-bond acceptors (Lipinski definition) is 9. The van der Waals surface area contributed by atoms with Crippen LogP contribution in [-0.2, 0) is 0 Å². The van der Waals surface area contributed by atoms with E-state index in [-0.39, 0.29) is 0 Å². The van der Waals surface area contributed by atoms with Gasteiger partial charge in [-0.25, -0.2) is 0 Å². The molecule has 93 heavy (non-hydrogen) atoms. The zero-order chi connectivity index (χ0) is 63.8. The second-order valence-electron chi connectivity index (χ2n) is 25.2. The third-order valence-corrected chi connectivity index (χ3v) is 21.0. The average molecular weight is 1290 g/mol. The smallest absolute Gasteiger partial charge is 0.172 e. The van der Waals surface area contributed by atoms with Crippen molar-refractivity contribution < 1.29 is 18.9 Å². The maximum absolute atomic E-state index is 7.25. The van der Waals surface area contributed by atoms with Crippen LogP contribution in [0.15, 0.2) is 170 Å². The summed E-state index contributed by atoms with van der Waals surface area (Å²) in [5.41, 5.74) is 17.9. The Kier molecular flexibility index (Phi) is 25.5. The molecule has 0 saturated carbocycles. The lowest BCUT2D eigenvalue weighted by Crippen LogP contribution is -2.06. The van der Waals surface area contributed by atoms with Crippen LogP contribution in [0.1, 0.15) is 204 Å². The van der Waals surface area contributed by atoms with E-state index in [1.807, 2.05) is 0 Å². The summed E-state index contributed by atoms with van der Waals surface area (Å²) in [5.74, 6) is 3.37. The first-order valence-corrected chi connectivity index (χ1v) is 37.8. The first kappa shape index (κ1) is 67.1. The van der Waals surface area contributed by atoms with Crippen LogP contribution in [0.4, 0.5) is 0 Å². The number of benzene rings is 7. The molecule has 484 valence electrons. The van der Waals surface area contributed by atoms with Crippen molar-refractivity contribution in [3.05, 3.63) is 192 Å². The molecule has 0 bridgehead atoms. The summed E-state index contributed by atoms with van der Waals surface area (Å²) in [6.45, 7) is 11.7. The topological polar surface area (TPSA) is 62.7 Å². The molecule has 0 radical (unpaired) electrons. The fraction of sp³-hybridized carbons (Fsp3) is 0.381. The van der Waals surface area contributed by atoms with Crippen molar-refractivity contribution in [3.63, 3.8) is 0 Å². The first-order chi connectivity index (χ1) is 46.0. The molecule has 0 aliphatic heterocycles. The van der Waals surface area contributed by atoms with E-state index in [1.165, 1.54) is 182 Å². The summed E-state index contributed by atoms with van der Waals surface area (Å²) in [5, 5.41) is 0. The van der Waals surface area contributed by atoms with Crippen molar-refractivity contribution >= 4 is 56.6 Å². The number of ether oxygens (including phenoxy) is 4. The van der Waals surface area contributed by atoms with Gasteiger partial charge in [0.15, 0.2) is 11.5 Å². The van der Waals surface area contributed by atoms with Crippen LogP contribution in [0.25, 0.3) is 86.2 Å². The summed E-state index contributed by atoms with van der Waals surface area (Å²) in [6.07, 6.45) is 28.9. The van der Waals surface area contributed by atoms with E-state index in [2.05, 4.69) is 198 Å². The maximum atomic E-state index is 7.25. The van der Waals surface area contributed by atoms with Gasteiger partial charge in [-0.2, -0.15) is 8.75 Å². The van der Waals surface area contributed by atoms with Crippen LogP contribution in [0.2, 0.25) is 0 Å². The molecule has 0 amide bonds. The standard InChI is InChI=1S/C84H96N2O4S3/c1-5-9-13-17-21-31-55-87-67-45-39-63(40-46-67)77(64-41-47-68(48-42-64)88-56-32-22-18-14-10-6-2)78-71-59-65(61-35-27-25-28-36-61)43-49-69(71)70-50-44-66(60-72(70)78)74-52-54-76(92-74)80-82-81(85-93-86-82)79(75-53-51-73(91-75)62-37-29-26-30-38-62)83(89-57-33-23-19-15-11-7-3)84(80)90-58-34-24-20-16-12-8-4/h25-30,35-54,59-60H,5-24,31-34,55-58H2,1-4H3. The van der Waals surface area contributed by atoms with Crippen LogP contribution in [0.3, 0.4) is 0 Å². The van der Waals surface area contributed by atoms with Gasteiger partial charge in [0.1, 0.15) is 22.5 Å². The summed E-state index contributed by atoms with van der Waals surface area (Å²) >= 11 is 4.85. The summed E-state index contributed by atoms with van der Waals surface area (Å²) < 4.78 is 37.7. The Morgan fingerprint density at radius 3 is 1.12 bits per heavy atom. The molecule has 3 heterocycles. The normalized spacial score (nSPS) is 11.8. The van der Waals surface area contributed by atoms with E-state index < -0.39 is 0 Å². The van der Waals surface area contributed by atoms with Gasteiger partial charge in [0.25, 0.3) is 0 Å². The van der Waals surface area contributed by atoms with Gasteiger partial charge in [-0.3, -0.25) is 0 Å². The number of rotatable bonds is 39. The lowest BCUT2D eigenvalue weighted by Gasteiger charge is -2.20. The van der Waals surface area contributed by atoms with Gasteiger partial charge in [-0.15, -0.1) is 22.7 Å². The van der Waals surface area contributed by atoms with E-state index in [9.17, 15) is 0 Å². The predicted octanol–water partition coefficient (Wildman–Crippen LogP) is 26.1. The van der Waals surface area contributed by atoms with Gasteiger partial charge >= 0.3 is 0 Å². The first-order valence-electron chi connectivity index (χ1n) is 35.4. The van der Waals surface area contributed by atoms with Crippen LogP contribution < -0.4 is 18.9 Å². The molecule has 0 saturated heterocycles. The Balaban J connectivity index is 1.01. The summed E-state index contributed by atoms with van der Waals surface area (Å²) in [6, 6.07) is 62.5. The highest BCUT2D eigenvalue weighted by molar-refractivity contribution is 7.19. The number of aromatic nitrogens is 2. The Morgan fingerprint density at radius 2 is 0.677 bits per heavy atom. The molecule has 0 atom stereocenters. The average Bonchev–Trinajstić information content (AvgIpc) is 1.66. The predicted molar refractivity (Wildman–Crippen MR) is 399 cm³/mol. The monoisotopic (exact) mass is 1290 g/mol. The zero-order valence-electron chi connectivity index (χ0n) is 55.7. The van der Waals surface area contributed by atoms with E-state index in [0.29, 0.717) is 13.2 Å². The van der Waals surface area contributed by atoms with Gasteiger partial charge in [-0.1, -0.05) is 265 Å². The molecular weight excluding hydrogens is 1200 g/mol. The van der Waals surface area contributed by atoms with Crippen molar-refractivity contribution in [2.75, 3.05) is 26.4 Å². The molecular formula is C84H96N2O4S3. The molecule has 9 heteroatoms. The minimum Gasteiger partial charge on any atom is -0.494 e. The summed E-state index contributed by atoms with van der Waals surface area (Å²) in [7, 11) is 0. The highest BCUT2D eigenvalue weighted by Gasteiger charge is 2.32. The van der Waals surface area contributed by atoms with Crippen molar-refractivity contribution in [3.8, 4) is 87.0 Å². The van der Waals surface area contributed by atoms with Gasteiger partial charge in [-0.05, 0) is 153 Å². The fourth-order valence-electron chi connectivity index (χ4n) is 13.0. The molecule has 3 aromatic heterocycles. The molecule has 7 aromatic carbocycles. The third kappa shape index (κ3) is 17.4. The largest absolute Gasteiger partial charge is 0.494 e. The highest BCUT2D eigenvalue weighted by atomic mass is 32.1. The molecule has 1 aliphatic carbocycles. The second kappa shape index (κ2) is 35.3. The van der Waals surface area contributed by atoms with Crippen molar-refractivity contribution in [2.45, 2.75) is 182 Å². The number of fused-ring (bicyclic) bond motifs is 4. The van der Waals surface area contributed by atoms with Gasteiger partial charge < -0.3 is 18.9 Å².